The number of fused-ring (bicyclic) bond motifs is 1. The summed E-state index contributed by atoms with van der Waals surface area (Å²) in [6, 6.07) is 10.5. The van der Waals surface area contributed by atoms with E-state index in [2.05, 4.69) is 49.9 Å². The van der Waals surface area contributed by atoms with Crippen molar-refractivity contribution >= 4 is 34.0 Å². The normalized spacial score (nSPS) is 15.0. The molecular weight excluding hydrogens is 392 g/mol. The molecule has 2 aromatic carbocycles. The largest absolute Gasteiger partial charge is 0.491 e. The number of anilines is 1. The van der Waals surface area contributed by atoms with Crippen molar-refractivity contribution < 1.29 is 9.53 Å². The molecule has 1 amide bonds. The topological polar surface area (TPSA) is 108 Å². The molecule has 8 nitrogen and oxygen atoms in total. The number of hydrogen-bond acceptors (Lipinski definition) is 6. The Bertz CT molecular complexity index is 1250. The van der Waals surface area contributed by atoms with Crippen molar-refractivity contribution in [2.24, 2.45) is 11.7 Å². The van der Waals surface area contributed by atoms with Gasteiger partial charge in [-0.2, -0.15) is 0 Å². The van der Waals surface area contributed by atoms with Crippen LogP contribution in [0.2, 0.25) is 0 Å². The molecule has 0 atom stereocenters. The Morgan fingerprint density at radius 1 is 1.23 bits per heavy atom. The highest BCUT2D eigenvalue weighted by Gasteiger charge is 2.23. The molecule has 2 aromatic heterocycles. The van der Waals surface area contributed by atoms with E-state index in [0.717, 1.165) is 76.8 Å². The number of carbonyl (C=O) groups is 1. The average Bonchev–Trinajstić information content (AvgIpc) is 3.58. The molecule has 6 rings (SSSR count). The van der Waals surface area contributed by atoms with E-state index in [0.29, 0.717) is 0 Å². The lowest BCUT2D eigenvalue weighted by molar-refractivity contribution is -0.106. The summed E-state index contributed by atoms with van der Waals surface area (Å²) >= 11 is 0. The van der Waals surface area contributed by atoms with E-state index in [1.54, 1.807) is 6.33 Å². The number of primary amides is 1. The quantitative estimate of drug-likeness (QED) is 0.494. The van der Waals surface area contributed by atoms with E-state index in [-0.39, 0.29) is 6.41 Å². The SMILES string of the molecule is NC=O.c1ncc2cc(-c3nc4cc(NCC5CC5)cc5c4n3CCCO5)ccc2n1. The number of rotatable bonds is 4. The van der Waals surface area contributed by atoms with E-state index in [1.807, 2.05) is 12.3 Å². The first-order valence-corrected chi connectivity index (χ1v) is 10.5. The van der Waals surface area contributed by atoms with Gasteiger partial charge in [-0.25, -0.2) is 15.0 Å². The Morgan fingerprint density at radius 3 is 2.94 bits per heavy atom. The lowest BCUT2D eigenvalue weighted by Gasteiger charge is -2.10. The van der Waals surface area contributed by atoms with Crippen molar-refractivity contribution in [3.63, 3.8) is 0 Å². The summed E-state index contributed by atoms with van der Waals surface area (Å²) in [5, 5.41) is 4.59. The Labute approximate surface area is 179 Å². The van der Waals surface area contributed by atoms with E-state index < -0.39 is 0 Å². The number of aryl methyl sites for hydroxylation is 1. The fraction of sp³-hybridized carbons (Fsp3) is 0.304. The zero-order valence-electron chi connectivity index (χ0n) is 17.1. The number of ether oxygens (including phenoxy) is 1. The molecule has 2 aliphatic rings. The van der Waals surface area contributed by atoms with Crippen LogP contribution in [0.5, 0.6) is 5.75 Å². The number of nitrogens with zero attached hydrogens (tertiary/aromatic N) is 4. The Hall–Kier alpha value is -3.68. The van der Waals surface area contributed by atoms with Crippen LogP contribution in [0.25, 0.3) is 33.3 Å². The molecule has 4 aromatic rings. The molecule has 1 aliphatic carbocycles. The maximum Gasteiger partial charge on any atom is 0.204 e. The lowest BCUT2D eigenvalue weighted by Crippen LogP contribution is -2.03. The first-order valence-electron chi connectivity index (χ1n) is 10.5. The van der Waals surface area contributed by atoms with Gasteiger partial charge in [0.1, 0.15) is 23.4 Å². The Balaban J connectivity index is 0.000000646. The zero-order valence-corrected chi connectivity index (χ0v) is 17.1. The smallest absolute Gasteiger partial charge is 0.204 e. The summed E-state index contributed by atoms with van der Waals surface area (Å²) in [4.78, 5) is 22.1. The van der Waals surface area contributed by atoms with Gasteiger partial charge in [-0.05, 0) is 49.4 Å². The van der Waals surface area contributed by atoms with Crippen molar-refractivity contribution in [1.29, 1.82) is 0 Å². The third-order valence-electron chi connectivity index (χ3n) is 5.65. The molecule has 1 fully saturated rings. The summed E-state index contributed by atoms with van der Waals surface area (Å²) in [6.45, 7) is 2.66. The maximum atomic E-state index is 8.58. The van der Waals surface area contributed by atoms with Crippen molar-refractivity contribution in [3.05, 3.63) is 42.9 Å². The lowest BCUT2D eigenvalue weighted by atomic mass is 10.1. The molecule has 0 spiro atoms. The van der Waals surface area contributed by atoms with Crippen LogP contribution in [0.4, 0.5) is 5.69 Å². The molecule has 158 valence electrons. The van der Waals surface area contributed by atoms with Crippen LogP contribution in [0, 0.1) is 5.92 Å². The molecule has 0 unspecified atom stereocenters. The Kier molecular flexibility index (Phi) is 5.11. The number of nitrogens with one attached hydrogen (secondary N) is 1. The average molecular weight is 416 g/mol. The zero-order chi connectivity index (χ0) is 21.2. The van der Waals surface area contributed by atoms with Gasteiger partial charge in [-0.3, -0.25) is 4.79 Å². The van der Waals surface area contributed by atoms with Crippen molar-refractivity contribution in [1.82, 2.24) is 19.5 Å². The third-order valence-corrected chi connectivity index (χ3v) is 5.65. The molecule has 3 heterocycles. The molecule has 1 saturated carbocycles. The number of aromatic nitrogens is 4. The summed E-state index contributed by atoms with van der Waals surface area (Å²) in [5.41, 5.74) is 9.37. The number of hydrogen-bond donors (Lipinski definition) is 2. The van der Waals surface area contributed by atoms with Gasteiger partial charge < -0.3 is 20.4 Å². The first kappa shape index (κ1) is 19.3. The van der Waals surface area contributed by atoms with Gasteiger partial charge >= 0.3 is 0 Å². The minimum Gasteiger partial charge on any atom is -0.491 e. The van der Waals surface area contributed by atoms with Gasteiger partial charge in [0.25, 0.3) is 0 Å². The number of nitrogens with two attached hydrogens (primary N) is 1. The molecule has 3 N–H and O–H groups in total. The van der Waals surface area contributed by atoms with Crippen molar-refractivity contribution in [2.75, 3.05) is 18.5 Å². The van der Waals surface area contributed by atoms with E-state index >= 15 is 0 Å². The molecular formula is C23H24N6O2. The van der Waals surface area contributed by atoms with Crippen LogP contribution in [0.1, 0.15) is 19.3 Å². The fourth-order valence-corrected chi connectivity index (χ4v) is 3.99. The van der Waals surface area contributed by atoms with Gasteiger partial charge in [0.15, 0.2) is 0 Å². The molecule has 1 aliphatic heterocycles. The first-order chi connectivity index (χ1) is 15.3. The van der Waals surface area contributed by atoms with Crippen LogP contribution in [-0.2, 0) is 11.3 Å². The second-order valence-electron chi connectivity index (χ2n) is 7.89. The van der Waals surface area contributed by atoms with Crippen LogP contribution >= 0.6 is 0 Å². The van der Waals surface area contributed by atoms with E-state index in [4.69, 9.17) is 14.5 Å². The van der Waals surface area contributed by atoms with E-state index in [9.17, 15) is 0 Å². The second kappa shape index (κ2) is 8.22. The Morgan fingerprint density at radius 2 is 2.10 bits per heavy atom. The summed E-state index contributed by atoms with van der Waals surface area (Å²) in [6.07, 6.45) is 7.33. The number of carbonyl (C=O) groups excluding carboxylic acids is 1. The molecule has 31 heavy (non-hydrogen) atoms. The van der Waals surface area contributed by atoms with Crippen LogP contribution in [0.15, 0.2) is 42.9 Å². The number of benzene rings is 2. The van der Waals surface area contributed by atoms with Crippen molar-refractivity contribution in [2.45, 2.75) is 25.8 Å². The van der Waals surface area contributed by atoms with Gasteiger partial charge in [0.2, 0.25) is 6.41 Å². The van der Waals surface area contributed by atoms with Crippen LogP contribution < -0.4 is 15.8 Å². The van der Waals surface area contributed by atoms with Gasteiger partial charge in [-0.15, -0.1) is 0 Å². The minimum absolute atomic E-state index is 0.250. The van der Waals surface area contributed by atoms with Crippen LogP contribution in [0.3, 0.4) is 0 Å². The maximum absolute atomic E-state index is 8.58. The summed E-state index contributed by atoms with van der Waals surface area (Å²) in [5.74, 6) is 2.73. The predicted octanol–water partition coefficient (Wildman–Crippen LogP) is 3.35. The number of amides is 1. The molecule has 0 saturated heterocycles. The van der Waals surface area contributed by atoms with Crippen molar-refractivity contribution in [3.8, 4) is 17.1 Å². The van der Waals surface area contributed by atoms with Gasteiger partial charge in [0, 0.05) is 42.0 Å². The molecule has 8 heteroatoms. The predicted molar refractivity (Wildman–Crippen MR) is 120 cm³/mol. The monoisotopic (exact) mass is 416 g/mol. The highest BCUT2D eigenvalue weighted by Crippen LogP contribution is 2.37. The van der Waals surface area contributed by atoms with E-state index in [1.165, 1.54) is 12.8 Å². The molecule has 0 bridgehead atoms. The standard InChI is InChI=1S/C22H21N5O.CH3NO/c1-6-27-21-19(9-17(10-20(21)28-7-1)24-11-14-2-3-14)26-22(27)15-4-5-18-16(8-15)12-23-13-25-18;2-1-3/h4-5,8-10,12-14,24H,1-3,6-7,11H2;1H,(H2,2,3). The highest BCUT2D eigenvalue weighted by molar-refractivity contribution is 5.91. The summed E-state index contributed by atoms with van der Waals surface area (Å²) in [7, 11) is 0. The molecule has 0 radical (unpaired) electrons. The van der Waals surface area contributed by atoms with Gasteiger partial charge in [0.05, 0.1) is 17.6 Å². The number of imidazole rings is 1. The second-order valence-corrected chi connectivity index (χ2v) is 7.89. The van der Waals surface area contributed by atoms with Gasteiger partial charge in [-0.1, -0.05) is 0 Å². The fourth-order valence-electron chi connectivity index (χ4n) is 3.99. The third kappa shape index (κ3) is 3.88. The minimum atomic E-state index is 0.250. The van der Waals surface area contributed by atoms with Crippen LogP contribution in [-0.4, -0.2) is 39.1 Å². The summed E-state index contributed by atoms with van der Waals surface area (Å²) < 4.78 is 8.38. The highest BCUT2D eigenvalue weighted by atomic mass is 16.5.